The zero-order chi connectivity index (χ0) is 13.6. The molecule has 0 bridgehead atoms. The van der Waals surface area contributed by atoms with Crippen molar-refractivity contribution in [1.29, 1.82) is 0 Å². The minimum absolute atomic E-state index is 0.0926. The molecule has 1 unspecified atom stereocenters. The molecule has 0 aliphatic heterocycles. The number of hydrogen-bond acceptors (Lipinski definition) is 1. The molecule has 0 rings (SSSR count). The zero-order valence-electron chi connectivity index (χ0n) is 12.4. The van der Waals surface area contributed by atoms with Crippen molar-refractivity contribution >= 4 is 5.97 Å². The lowest BCUT2D eigenvalue weighted by molar-refractivity contribution is -0.142. The van der Waals surface area contributed by atoms with Gasteiger partial charge in [-0.2, -0.15) is 0 Å². The van der Waals surface area contributed by atoms with Gasteiger partial charge in [0.15, 0.2) is 0 Å². The molecule has 0 aromatic rings. The van der Waals surface area contributed by atoms with Crippen LogP contribution in [0.2, 0.25) is 0 Å². The summed E-state index contributed by atoms with van der Waals surface area (Å²) in [6, 6.07) is 0. The molecule has 0 saturated heterocycles. The summed E-state index contributed by atoms with van der Waals surface area (Å²) in [5.74, 6) is -0.684. The van der Waals surface area contributed by atoms with Crippen LogP contribution in [0.3, 0.4) is 0 Å². The Kier molecular flexibility index (Phi) is 12.5. The summed E-state index contributed by atoms with van der Waals surface area (Å²) < 4.78 is 0. The van der Waals surface area contributed by atoms with Crippen molar-refractivity contribution in [3.8, 4) is 0 Å². The Morgan fingerprint density at radius 2 is 1.22 bits per heavy atom. The van der Waals surface area contributed by atoms with E-state index in [0.717, 1.165) is 32.1 Å². The first kappa shape index (κ1) is 17.5. The standard InChI is InChI=1S/C16H32O2/c1-3-5-7-8-9-10-11-12-14-15(16(17)18)13-6-4-2/h15H,3-14H2,1-2H3,(H,17,18). The Labute approximate surface area is 113 Å². The van der Waals surface area contributed by atoms with E-state index in [0.29, 0.717) is 0 Å². The van der Waals surface area contributed by atoms with Gasteiger partial charge in [0.05, 0.1) is 5.92 Å². The van der Waals surface area contributed by atoms with Gasteiger partial charge in [-0.3, -0.25) is 4.79 Å². The number of hydrogen-bond donors (Lipinski definition) is 1. The molecular weight excluding hydrogens is 224 g/mol. The topological polar surface area (TPSA) is 37.3 Å². The van der Waals surface area contributed by atoms with Gasteiger partial charge in [-0.05, 0) is 12.8 Å². The molecule has 2 nitrogen and oxygen atoms in total. The van der Waals surface area contributed by atoms with Crippen LogP contribution in [-0.2, 0) is 4.79 Å². The fraction of sp³-hybridized carbons (Fsp3) is 0.938. The highest BCUT2D eigenvalue weighted by Crippen LogP contribution is 2.18. The number of aliphatic carboxylic acids is 1. The number of rotatable bonds is 13. The fourth-order valence-electron chi connectivity index (χ4n) is 2.37. The van der Waals surface area contributed by atoms with Crippen molar-refractivity contribution < 1.29 is 9.90 Å². The van der Waals surface area contributed by atoms with E-state index < -0.39 is 5.97 Å². The average molecular weight is 256 g/mol. The summed E-state index contributed by atoms with van der Waals surface area (Å²) in [4.78, 5) is 11.0. The molecule has 0 spiro atoms. The molecule has 0 heterocycles. The van der Waals surface area contributed by atoms with Gasteiger partial charge < -0.3 is 5.11 Å². The Morgan fingerprint density at radius 3 is 1.72 bits per heavy atom. The largest absolute Gasteiger partial charge is 0.481 e. The van der Waals surface area contributed by atoms with Gasteiger partial charge in [0.2, 0.25) is 0 Å². The number of carbonyl (C=O) groups is 1. The third-order valence-corrected chi connectivity index (χ3v) is 3.66. The molecule has 0 aromatic carbocycles. The Balaban J connectivity index is 3.40. The van der Waals surface area contributed by atoms with Crippen LogP contribution in [-0.4, -0.2) is 11.1 Å². The smallest absolute Gasteiger partial charge is 0.306 e. The fourth-order valence-corrected chi connectivity index (χ4v) is 2.37. The first-order chi connectivity index (χ1) is 8.72. The van der Waals surface area contributed by atoms with Gasteiger partial charge in [-0.15, -0.1) is 0 Å². The summed E-state index contributed by atoms with van der Waals surface area (Å²) >= 11 is 0. The first-order valence-corrected chi connectivity index (χ1v) is 7.95. The molecular formula is C16H32O2. The minimum atomic E-state index is -0.591. The second-order valence-electron chi connectivity index (χ2n) is 5.44. The van der Waals surface area contributed by atoms with Crippen molar-refractivity contribution in [2.75, 3.05) is 0 Å². The predicted molar refractivity (Wildman–Crippen MR) is 77.9 cm³/mol. The summed E-state index contributed by atoms with van der Waals surface area (Å²) in [6.07, 6.45) is 14.2. The van der Waals surface area contributed by atoms with E-state index in [4.69, 9.17) is 5.11 Å². The van der Waals surface area contributed by atoms with Crippen LogP contribution in [0.5, 0.6) is 0 Å². The lowest BCUT2D eigenvalue weighted by Gasteiger charge is -2.11. The molecule has 1 N–H and O–H groups in total. The number of unbranched alkanes of at least 4 members (excludes halogenated alkanes) is 8. The highest BCUT2D eigenvalue weighted by molar-refractivity contribution is 5.69. The van der Waals surface area contributed by atoms with E-state index in [1.807, 2.05) is 0 Å². The molecule has 2 heteroatoms. The van der Waals surface area contributed by atoms with Crippen LogP contribution in [0.1, 0.15) is 90.9 Å². The zero-order valence-corrected chi connectivity index (χ0v) is 12.4. The van der Waals surface area contributed by atoms with Crippen LogP contribution in [0.15, 0.2) is 0 Å². The highest BCUT2D eigenvalue weighted by Gasteiger charge is 2.15. The van der Waals surface area contributed by atoms with Crippen LogP contribution in [0.4, 0.5) is 0 Å². The molecule has 108 valence electrons. The van der Waals surface area contributed by atoms with Crippen molar-refractivity contribution in [3.05, 3.63) is 0 Å². The maximum atomic E-state index is 11.0. The monoisotopic (exact) mass is 256 g/mol. The summed E-state index contributed by atoms with van der Waals surface area (Å²) in [6.45, 7) is 4.36. The number of carboxylic acid groups (broad SMARTS) is 1. The van der Waals surface area contributed by atoms with Crippen molar-refractivity contribution in [2.45, 2.75) is 90.9 Å². The highest BCUT2D eigenvalue weighted by atomic mass is 16.4. The second-order valence-corrected chi connectivity index (χ2v) is 5.44. The lowest BCUT2D eigenvalue weighted by atomic mass is 9.95. The number of carboxylic acids is 1. The van der Waals surface area contributed by atoms with Crippen molar-refractivity contribution in [1.82, 2.24) is 0 Å². The Bertz CT molecular complexity index is 190. The van der Waals surface area contributed by atoms with Gasteiger partial charge in [0, 0.05) is 0 Å². The maximum Gasteiger partial charge on any atom is 0.306 e. The molecule has 0 aliphatic rings. The predicted octanol–water partition coefficient (Wildman–Crippen LogP) is 5.41. The molecule has 0 amide bonds. The van der Waals surface area contributed by atoms with E-state index in [9.17, 15) is 4.79 Å². The quantitative estimate of drug-likeness (QED) is 0.447. The van der Waals surface area contributed by atoms with E-state index >= 15 is 0 Å². The van der Waals surface area contributed by atoms with Crippen molar-refractivity contribution in [2.24, 2.45) is 5.92 Å². The normalized spacial score (nSPS) is 12.6. The third-order valence-electron chi connectivity index (χ3n) is 3.66. The van der Waals surface area contributed by atoms with Gasteiger partial charge >= 0.3 is 5.97 Å². The molecule has 0 aliphatic carbocycles. The minimum Gasteiger partial charge on any atom is -0.481 e. The van der Waals surface area contributed by atoms with Gasteiger partial charge in [0.1, 0.15) is 0 Å². The van der Waals surface area contributed by atoms with Crippen molar-refractivity contribution in [3.63, 3.8) is 0 Å². The van der Waals surface area contributed by atoms with E-state index in [1.54, 1.807) is 0 Å². The molecule has 0 fully saturated rings. The maximum absolute atomic E-state index is 11.0. The molecule has 0 radical (unpaired) electrons. The Morgan fingerprint density at radius 1 is 0.778 bits per heavy atom. The van der Waals surface area contributed by atoms with E-state index in [-0.39, 0.29) is 5.92 Å². The van der Waals surface area contributed by atoms with Crippen LogP contribution >= 0.6 is 0 Å². The lowest BCUT2D eigenvalue weighted by Crippen LogP contribution is -2.13. The van der Waals surface area contributed by atoms with Gasteiger partial charge in [-0.1, -0.05) is 78.1 Å². The third kappa shape index (κ3) is 10.6. The van der Waals surface area contributed by atoms with Crippen LogP contribution < -0.4 is 0 Å². The molecule has 0 aromatic heterocycles. The average Bonchev–Trinajstić information content (AvgIpc) is 2.35. The van der Waals surface area contributed by atoms with Gasteiger partial charge in [0.25, 0.3) is 0 Å². The van der Waals surface area contributed by atoms with E-state index in [1.165, 1.54) is 44.9 Å². The second kappa shape index (κ2) is 12.9. The molecule has 0 saturated carbocycles. The SMILES string of the molecule is CCCCCCCCCCC(CCCC)C(=O)O. The van der Waals surface area contributed by atoms with Crippen LogP contribution in [0.25, 0.3) is 0 Å². The van der Waals surface area contributed by atoms with E-state index in [2.05, 4.69) is 13.8 Å². The molecule has 1 atom stereocenters. The Hall–Kier alpha value is -0.530. The summed E-state index contributed by atoms with van der Waals surface area (Å²) in [5.41, 5.74) is 0. The summed E-state index contributed by atoms with van der Waals surface area (Å²) in [5, 5.41) is 9.10. The van der Waals surface area contributed by atoms with Gasteiger partial charge in [-0.25, -0.2) is 0 Å². The first-order valence-electron chi connectivity index (χ1n) is 7.95. The van der Waals surface area contributed by atoms with Crippen LogP contribution in [0, 0.1) is 5.92 Å². The summed E-state index contributed by atoms with van der Waals surface area (Å²) in [7, 11) is 0. The molecule has 18 heavy (non-hydrogen) atoms.